The molecule has 0 bridgehead atoms. The highest BCUT2D eigenvalue weighted by Gasteiger charge is 2.39. The molecule has 0 aliphatic rings. The molecule has 0 unspecified atom stereocenters. The van der Waals surface area contributed by atoms with Crippen LogP contribution in [-0.4, -0.2) is 32.5 Å². The molecule has 0 saturated carbocycles. The number of ether oxygens (including phenoxy) is 1. The van der Waals surface area contributed by atoms with Crippen molar-refractivity contribution < 1.29 is 22.7 Å². The highest BCUT2D eigenvalue weighted by molar-refractivity contribution is 7.92. The van der Waals surface area contributed by atoms with E-state index in [1.807, 2.05) is 6.92 Å². The van der Waals surface area contributed by atoms with E-state index in [0.29, 0.717) is 0 Å². The Morgan fingerprint density at radius 1 is 1.14 bits per heavy atom. The van der Waals surface area contributed by atoms with E-state index in [4.69, 9.17) is 4.74 Å². The van der Waals surface area contributed by atoms with Crippen molar-refractivity contribution in [2.75, 3.05) is 12.4 Å². The summed E-state index contributed by atoms with van der Waals surface area (Å²) >= 11 is 0. The Hall–Kier alpha value is -1.69. The number of carbonyl (C=O) groups is 2. The van der Waals surface area contributed by atoms with E-state index in [1.165, 1.54) is 26.0 Å². The van der Waals surface area contributed by atoms with Gasteiger partial charge in [-0.2, -0.15) is 0 Å². The standard InChI is InChI=1S/C15H20O5S/c1-5-20-14(17)15(3,4)13(16)10-21(18,19)12-8-6-11(2)7-9-12/h6-9H,5,10H2,1-4H3. The first kappa shape index (κ1) is 17.4. The van der Waals surface area contributed by atoms with Gasteiger partial charge in [0.2, 0.25) is 0 Å². The summed E-state index contributed by atoms with van der Waals surface area (Å²) in [5, 5.41) is 0. The van der Waals surface area contributed by atoms with Gasteiger partial charge in [0.15, 0.2) is 15.6 Å². The van der Waals surface area contributed by atoms with Crippen molar-refractivity contribution in [3.05, 3.63) is 29.8 Å². The summed E-state index contributed by atoms with van der Waals surface area (Å²) in [5.41, 5.74) is -0.555. The van der Waals surface area contributed by atoms with Crippen LogP contribution >= 0.6 is 0 Å². The summed E-state index contributed by atoms with van der Waals surface area (Å²) in [7, 11) is -3.77. The van der Waals surface area contributed by atoms with Gasteiger partial charge in [0.1, 0.15) is 11.2 Å². The second-order valence-electron chi connectivity index (χ2n) is 5.34. The Morgan fingerprint density at radius 2 is 1.67 bits per heavy atom. The lowest BCUT2D eigenvalue weighted by atomic mass is 9.89. The first-order valence-electron chi connectivity index (χ1n) is 6.61. The molecule has 0 aliphatic heterocycles. The van der Waals surface area contributed by atoms with E-state index >= 15 is 0 Å². The maximum absolute atomic E-state index is 12.2. The van der Waals surface area contributed by atoms with Crippen LogP contribution in [0.15, 0.2) is 29.2 Å². The topological polar surface area (TPSA) is 77.5 Å². The second-order valence-corrected chi connectivity index (χ2v) is 7.33. The van der Waals surface area contributed by atoms with Gasteiger partial charge in [-0.25, -0.2) is 8.42 Å². The summed E-state index contributed by atoms with van der Waals surface area (Å²) in [6.07, 6.45) is 0. The zero-order chi connectivity index (χ0) is 16.3. The lowest BCUT2D eigenvalue weighted by molar-refractivity contribution is -0.157. The molecular formula is C15H20O5S. The Bertz CT molecular complexity index is 627. The summed E-state index contributed by atoms with van der Waals surface area (Å²) in [5.74, 6) is -2.11. The largest absolute Gasteiger partial charge is 0.465 e. The lowest BCUT2D eigenvalue weighted by Gasteiger charge is -2.20. The normalized spacial score (nSPS) is 12.0. The number of esters is 1. The number of hydrogen-bond donors (Lipinski definition) is 0. The summed E-state index contributed by atoms with van der Waals surface area (Å²) < 4.78 is 29.2. The van der Waals surface area contributed by atoms with Crippen molar-refractivity contribution in [2.45, 2.75) is 32.6 Å². The minimum absolute atomic E-state index is 0.0705. The van der Waals surface area contributed by atoms with Gasteiger partial charge in [0, 0.05) is 0 Å². The van der Waals surface area contributed by atoms with Gasteiger partial charge < -0.3 is 4.74 Å². The first-order valence-corrected chi connectivity index (χ1v) is 8.26. The van der Waals surface area contributed by atoms with Crippen LogP contribution in [0.3, 0.4) is 0 Å². The molecule has 0 heterocycles. The average Bonchev–Trinajstić information content (AvgIpc) is 2.38. The molecule has 1 aromatic carbocycles. The van der Waals surface area contributed by atoms with Crippen LogP contribution in [-0.2, 0) is 24.2 Å². The van der Waals surface area contributed by atoms with Gasteiger partial charge in [-0.15, -0.1) is 0 Å². The fourth-order valence-corrected chi connectivity index (χ4v) is 3.03. The Balaban J connectivity index is 2.96. The van der Waals surface area contributed by atoms with Crippen molar-refractivity contribution in [3.8, 4) is 0 Å². The molecule has 0 aromatic heterocycles. The van der Waals surface area contributed by atoms with Crippen LogP contribution in [0.25, 0.3) is 0 Å². The van der Waals surface area contributed by atoms with Crippen LogP contribution < -0.4 is 0 Å². The monoisotopic (exact) mass is 312 g/mol. The summed E-state index contributed by atoms with van der Waals surface area (Å²) in [6, 6.07) is 6.23. The highest BCUT2D eigenvalue weighted by atomic mass is 32.2. The lowest BCUT2D eigenvalue weighted by Crippen LogP contribution is -2.38. The molecule has 21 heavy (non-hydrogen) atoms. The van der Waals surface area contributed by atoms with Crippen molar-refractivity contribution in [3.63, 3.8) is 0 Å². The van der Waals surface area contributed by atoms with E-state index in [2.05, 4.69) is 0 Å². The molecular weight excluding hydrogens is 292 g/mol. The van der Waals surface area contributed by atoms with E-state index in [1.54, 1.807) is 19.1 Å². The van der Waals surface area contributed by atoms with Crippen molar-refractivity contribution >= 4 is 21.6 Å². The number of rotatable bonds is 6. The highest BCUT2D eigenvalue weighted by Crippen LogP contribution is 2.22. The Labute approximate surface area is 125 Å². The molecule has 6 heteroatoms. The number of sulfone groups is 1. The van der Waals surface area contributed by atoms with Gasteiger partial charge in [-0.1, -0.05) is 17.7 Å². The van der Waals surface area contributed by atoms with Crippen molar-refractivity contribution in [1.82, 2.24) is 0 Å². The number of aryl methyl sites for hydroxylation is 1. The van der Waals surface area contributed by atoms with Gasteiger partial charge in [0.25, 0.3) is 0 Å². The minimum atomic E-state index is -3.77. The van der Waals surface area contributed by atoms with E-state index in [-0.39, 0.29) is 11.5 Å². The molecule has 0 saturated heterocycles. The van der Waals surface area contributed by atoms with Crippen LogP contribution in [0.5, 0.6) is 0 Å². The van der Waals surface area contributed by atoms with E-state index in [0.717, 1.165) is 5.56 Å². The zero-order valence-electron chi connectivity index (χ0n) is 12.7. The molecule has 0 atom stereocenters. The van der Waals surface area contributed by atoms with E-state index in [9.17, 15) is 18.0 Å². The number of benzene rings is 1. The van der Waals surface area contributed by atoms with Crippen LogP contribution in [0.1, 0.15) is 26.3 Å². The predicted molar refractivity (Wildman–Crippen MR) is 78.7 cm³/mol. The molecule has 0 spiro atoms. The Morgan fingerprint density at radius 3 is 2.14 bits per heavy atom. The summed E-state index contributed by atoms with van der Waals surface area (Å²) in [6.45, 7) is 6.35. The molecule has 0 aliphatic carbocycles. The fourth-order valence-electron chi connectivity index (χ4n) is 1.61. The molecule has 0 amide bonds. The zero-order valence-corrected chi connectivity index (χ0v) is 13.5. The maximum Gasteiger partial charge on any atom is 0.319 e. The quantitative estimate of drug-likeness (QED) is 0.592. The minimum Gasteiger partial charge on any atom is -0.465 e. The number of Topliss-reactive ketones (excluding diaryl/α,β-unsaturated/α-hetero) is 1. The van der Waals surface area contributed by atoms with Crippen LogP contribution in [0.2, 0.25) is 0 Å². The van der Waals surface area contributed by atoms with E-state index < -0.39 is 32.8 Å². The molecule has 1 rings (SSSR count). The third-order valence-electron chi connectivity index (χ3n) is 3.18. The smallest absolute Gasteiger partial charge is 0.319 e. The number of ketones is 1. The maximum atomic E-state index is 12.2. The first-order chi connectivity index (χ1) is 9.61. The molecule has 0 N–H and O–H groups in total. The van der Waals surface area contributed by atoms with Crippen molar-refractivity contribution in [1.29, 1.82) is 0 Å². The third-order valence-corrected chi connectivity index (χ3v) is 4.82. The molecule has 116 valence electrons. The van der Waals surface area contributed by atoms with Gasteiger partial charge in [-0.05, 0) is 39.8 Å². The number of carbonyl (C=O) groups excluding carboxylic acids is 2. The summed E-state index contributed by atoms with van der Waals surface area (Å²) in [4.78, 5) is 24.0. The van der Waals surface area contributed by atoms with Crippen molar-refractivity contribution in [2.24, 2.45) is 5.41 Å². The molecule has 0 fully saturated rings. The number of hydrogen-bond acceptors (Lipinski definition) is 5. The van der Waals surface area contributed by atoms with Gasteiger partial charge in [-0.3, -0.25) is 9.59 Å². The van der Waals surface area contributed by atoms with Crippen LogP contribution in [0.4, 0.5) is 0 Å². The molecule has 5 nitrogen and oxygen atoms in total. The van der Waals surface area contributed by atoms with Crippen LogP contribution in [0, 0.1) is 12.3 Å². The van der Waals surface area contributed by atoms with Gasteiger partial charge >= 0.3 is 5.97 Å². The third kappa shape index (κ3) is 4.14. The molecule has 1 aromatic rings. The molecule has 0 radical (unpaired) electrons. The SMILES string of the molecule is CCOC(=O)C(C)(C)C(=O)CS(=O)(=O)c1ccc(C)cc1. The average molecular weight is 312 g/mol. The predicted octanol–water partition coefficient (Wildman–Crippen LogP) is 1.93. The Kier molecular flexibility index (Phi) is 5.28. The fraction of sp³-hybridized carbons (Fsp3) is 0.467. The van der Waals surface area contributed by atoms with Gasteiger partial charge in [0.05, 0.1) is 11.5 Å². The second kappa shape index (κ2) is 6.39.